The molecule has 7 nitrogen and oxygen atoms in total. The number of hydrogen-bond acceptors (Lipinski definition) is 4. The standard InChI is InChI=1S/C15H22N6O/c1-16-15(20(2)10-12-6-8-22-19-12)17-9-13-11-21-7-4-3-5-14(21)18-13/h6,8,11H,3-5,7,9-10H2,1-2H3,(H,16,17). The van der Waals surface area contributed by atoms with Gasteiger partial charge in [-0.2, -0.15) is 0 Å². The average molecular weight is 302 g/mol. The van der Waals surface area contributed by atoms with Gasteiger partial charge in [0.25, 0.3) is 0 Å². The van der Waals surface area contributed by atoms with E-state index in [-0.39, 0.29) is 0 Å². The SMILES string of the molecule is CN=C(NCc1cn2c(n1)CCCC2)N(C)Cc1ccon1. The molecule has 0 aliphatic carbocycles. The van der Waals surface area contributed by atoms with E-state index in [9.17, 15) is 0 Å². The molecule has 0 radical (unpaired) electrons. The number of nitrogens with one attached hydrogen (secondary N) is 1. The molecule has 0 bridgehead atoms. The lowest BCUT2D eigenvalue weighted by atomic mass is 10.2. The van der Waals surface area contributed by atoms with E-state index in [0.717, 1.165) is 30.3 Å². The van der Waals surface area contributed by atoms with Gasteiger partial charge in [-0.25, -0.2) is 4.98 Å². The highest BCUT2D eigenvalue weighted by Crippen LogP contribution is 2.14. The number of aliphatic imine (C=N–C) groups is 1. The van der Waals surface area contributed by atoms with Gasteiger partial charge in [0, 0.05) is 39.3 Å². The Morgan fingerprint density at radius 1 is 1.45 bits per heavy atom. The zero-order valence-corrected chi connectivity index (χ0v) is 13.1. The molecular formula is C15H22N6O. The van der Waals surface area contributed by atoms with Gasteiger partial charge >= 0.3 is 0 Å². The molecule has 0 atom stereocenters. The molecule has 0 saturated heterocycles. The molecule has 3 heterocycles. The normalized spacial score (nSPS) is 14.7. The quantitative estimate of drug-likeness (QED) is 0.683. The first-order valence-corrected chi connectivity index (χ1v) is 7.62. The van der Waals surface area contributed by atoms with Gasteiger partial charge in [0.2, 0.25) is 0 Å². The third-order valence-electron chi connectivity index (χ3n) is 3.85. The Balaban J connectivity index is 1.57. The molecule has 0 aromatic carbocycles. The topological polar surface area (TPSA) is 71.5 Å². The fourth-order valence-electron chi connectivity index (χ4n) is 2.75. The Hall–Kier alpha value is -2.31. The van der Waals surface area contributed by atoms with Crippen molar-refractivity contribution in [3.63, 3.8) is 0 Å². The summed E-state index contributed by atoms with van der Waals surface area (Å²) in [7, 11) is 3.75. The van der Waals surface area contributed by atoms with Gasteiger partial charge in [-0.15, -0.1) is 0 Å². The molecule has 1 aliphatic rings. The molecule has 3 rings (SSSR count). The molecule has 2 aromatic rings. The van der Waals surface area contributed by atoms with Gasteiger partial charge < -0.3 is 19.3 Å². The summed E-state index contributed by atoms with van der Waals surface area (Å²) in [4.78, 5) is 11.0. The van der Waals surface area contributed by atoms with Crippen LogP contribution < -0.4 is 5.32 Å². The summed E-state index contributed by atoms with van der Waals surface area (Å²) in [5, 5.41) is 7.27. The molecule has 1 N–H and O–H groups in total. The smallest absolute Gasteiger partial charge is 0.194 e. The number of imidazole rings is 1. The molecule has 7 heteroatoms. The molecule has 2 aromatic heterocycles. The number of guanidine groups is 1. The Morgan fingerprint density at radius 2 is 2.36 bits per heavy atom. The van der Waals surface area contributed by atoms with Crippen LogP contribution in [-0.2, 0) is 26.1 Å². The van der Waals surface area contributed by atoms with E-state index in [0.29, 0.717) is 13.1 Å². The minimum Gasteiger partial charge on any atom is -0.364 e. The second-order valence-electron chi connectivity index (χ2n) is 5.55. The maximum atomic E-state index is 4.85. The van der Waals surface area contributed by atoms with Crippen LogP contribution in [0.4, 0.5) is 0 Å². The predicted octanol–water partition coefficient (Wildman–Crippen LogP) is 1.41. The third-order valence-corrected chi connectivity index (χ3v) is 3.85. The second kappa shape index (κ2) is 6.64. The first-order chi connectivity index (χ1) is 10.8. The summed E-state index contributed by atoms with van der Waals surface area (Å²) in [5.74, 6) is 2.02. The van der Waals surface area contributed by atoms with E-state index in [1.807, 2.05) is 18.0 Å². The minimum atomic E-state index is 0.649. The van der Waals surface area contributed by atoms with Crippen molar-refractivity contribution in [3.8, 4) is 0 Å². The molecule has 1 aliphatic heterocycles. The zero-order chi connectivity index (χ0) is 15.4. The van der Waals surface area contributed by atoms with Crippen LogP contribution in [0.15, 0.2) is 28.0 Å². The summed E-state index contributed by atoms with van der Waals surface area (Å²) in [6, 6.07) is 1.85. The van der Waals surface area contributed by atoms with Gasteiger partial charge in [0.1, 0.15) is 17.8 Å². The Kier molecular flexibility index (Phi) is 4.41. The summed E-state index contributed by atoms with van der Waals surface area (Å²) in [6.45, 7) is 2.41. The van der Waals surface area contributed by atoms with Crippen molar-refractivity contribution >= 4 is 5.96 Å². The molecular weight excluding hydrogens is 280 g/mol. The van der Waals surface area contributed by atoms with Crippen molar-refractivity contribution in [1.29, 1.82) is 0 Å². The van der Waals surface area contributed by atoms with Gasteiger partial charge in [-0.1, -0.05) is 5.16 Å². The van der Waals surface area contributed by atoms with Crippen molar-refractivity contribution in [3.05, 3.63) is 35.7 Å². The fraction of sp³-hybridized carbons (Fsp3) is 0.533. The number of rotatable bonds is 4. The molecule has 0 unspecified atom stereocenters. The molecule has 118 valence electrons. The van der Waals surface area contributed by atoms with Gasteiger partial charge in [0.15, 0.2) is 5.96 Å². The van der Waals surface area contributed by atoms with Crippen molar-refractivity contribution in [2.24, 2.45) is 4.99 Å². The van der Waals surface area contributed by atoms with Crippen molar-refractivity contribution in [2.45, 2.75) is 38.9 Å². The Labute approximate surface area is 130 Å². The maximum absolute atomic E-state index is 4.85. The largest absolute Gasteiger partial charge is 0.364 e. The highest BCUT2D eigenvalue weighted by molar-refractivity contribution is 5.79. The van der Waals surface area contributed by atoms with Crippen LogP contribution in [0, 0.1) is 0 Å². The third kappa shape index (κ3) is 3.29. The Morgan fingerprint density at radius 3 is 3.09 bits per heavy atom. The summed E-state index contributed by atoms with van der Waals surface area (Å²) >= 11 is 0. The maximum Gasteiger partial charge on any atom is 0.194 e. The van der Waals surface area contributed by atoms with Crippen LogP contribution in [0.5, 0.6) is 0 Å². The molecule has 22 heavy (non-hydrogen) atoms. The van der Waals surface area contributed by atoms with Crippen molar-refractivity contribution in [1.82, 2.24) is 24.9 Å². The monoisotopic (exact) mass is 302 g/mol. The molecule has 0 spiro atoms. The highest BCUT2D eigenvalue weighted by Gasteiger charge is 2.13. The van der Waals surface area contributed by atoms with E-state index in [4.69, 9.17) is 9.51 Å². The first-order valence-electron chi connectivity index (χ1n) is 7.62. The number of aryl methyl sites for hydroxylation is 2. The van der Waals surface area contributed by atoms with Gasteiger partial charge in [-0.05, 0) is 12.8 Å². The van der Waals surface area contributed by atoms with E-state index < -0.39 is 0 Å². The minimum absolute atomic E-state index is 0.649. The lowest BCUT2D eigenvalue weighted by Crippen LogP contribution is -2.38. The zero-order valence-electron chi connectivity index (χ0n) is 13.1. The van der Waals surface area contributed by atoms with Crippen LogP contribution in [-0.4, -0.2) is 39.7 Å². The van der Waals surface area contributed by atoms with Crippen LogP contribution in [0.1, 0.15) is 30.1 Å². The summed E-state index contributed by atoms with van der Waals surface area (Å²) in [6.07, 6.45) is 7.30. The van der Waals surface area contributed by atoms with Crippen LogP contribution in [0.3, 0.4) is 0 Å². The number of hydrogen-bond donors (Lipinski definition) is 1. The summed E-state index contributed by atoms with van der Waals surface area (Å²) < 4.78 is 7.12. The highest BCUT2D eigenvalue weighted by atomic mass is 16.5. The molecule has 0 fully saturated rings. The van der Waals surface area contributed by atoms with Crippen LogP contribution in [0.2, 0.25) is 0 Å². The second-order valence-corrected chi connectivity index (χ2v) is 5.55. The summed E-state index contributed by atoms with van der Waals surface area (Å²) in [5.41, 5.74) is 1.94. The lowest BCUT2D eigenvalue weighted by Gasteiger charge is -2.20. The molecule has 0 saturated carbocycles. The Bertz CT molecular complexity index is 607. The van der Waals surface area contributed by atoms with E-state index >= 15 is 0 Å². The number of fused-ring (bicyclic) bond motifs is 1. The van der Waals surface area contributed by atoms with E-state index in [1.54, 1.807) is 13.3 Å². The fourth-order valence-corrected chi connectivity index (χ4v) is 2.75. The van der Waals surface area contributed by atoms with E-state index in [1.165, 1.54) is 18.7 Å². The van der Waals surface area contributed by atoms with Crippen molar-refractivity contribution in [2.75, 3.05) is 14.1 Å². The lowest BCUT2D eigenvalue weighted by molar-refractivity contribution is 0.391. The van der Waals surface area contributed by atoms with Crippen LogP contribution >= 0.6 is 0 Å². The first kappa shape index (κ1) is 14.6. The molecule has 0 amide bonds. The van der Waals surface area contributed by atoms with Crippen LogP contribution in [0.25, 0.3) is 0 Å². The number of aromatic nitrogens is 3. The van der Waals surface area contributed by atoms with Crippen molar-refractivity contribution < 1.29 is 4.52 Å². The van der Waals surface area contributed by atoms with Gasteiger partial charge in [0.05, 0.1) is 18.8 Å². The average Bonchev–Trinajstić information content (AvgIpc) is 3.16. The number of nitrogens with zero attached hydrogens (tertiary/aromatic N) is 5. The van der Waals surface area contributed by atoms with Gasteiger partial charge in [-0.3, -0.25) is 4.99 Å². The predicted molar refractivity (Wildman–Crippen MR) is 83.3 cm³/mol. The van der Waals surface area contributed by atoms with E-state index in [2.05, 4.69) is 26.2 Å².